The molecule has 0 spiro atoms. The first-order chi connectivity index (χ1) is 13.5. The molecule has 1 aromatic heterocycles. The molecule has 28 heavy (non-hydrogen) atoms. The van der Waals surface area contributed by atoms with Gasteiger partial charge in [0.25, 0.3) is 0 Å². The first-order valence-corrected chi connectivity index (χ1v) is 8.69. The number of anilines is 3. The minimum atomic E-state index is -0.412. The van der Waals surface area contributed by atoms with Gasteiger partial charge in [0.1, 0.15) is 23.1 Å². The van der Waals surface area contributed by atoms with Gasteiger partial charge in [-0.1, -0.05) is 12.1 Å². The molecule has 0 amide bonds. The summed E-state index contributed by atoms with van der Waals surface area (Å²) in [6.07, 6.45) is 2.88. The fourth-order valence-corrected chi connectivity index (χ4v) is 2.74. The molecular formula is C22H22FN3O2. The predicted octanol–water partition coefficient (Wildman–Crippen LogP) is 5.20. The van der Waals surface area contributed by atoms with Gasteiger partial charge in [-0.05, 0) is 54.5 Å². The first kappa shape index (κ1) is 19.2. The molecule has 0 aliphatic carbocycles. The third-order valence-electron chi connectivity index (χ3n) is 4.26. The summed E-state index contributed by atoms with van der Waals surface area (Å²) < 4.78 is 25.1. The number of methoxy groups -OCH3 is 2. The molecule has 3 N–H and O–H groups in total. The van der Waals surface area contributed by atoms with Gasteiger partial charge in [-0.2, -0.15) is 0 Å². The Morgan fingerprint density at radius 2 is 1.79 bits per heavy atom. The number of nitrogen functional groups attached to an aromatic ring is 1. The molecule has 0 saturated heterocycles. The van der Waals surface area contributed by atoms with Crippen molar-refractivity contribution in [1.82, 2.24) is 4.98 Å². The third kappa shape index (κ3) is 4.40. The predicted molar refractivity (Wildman–Crippen MR) is 112 cm³/mol. The fourth-order valence-electron chi connectivity index (χ4n) is 2.74. The molecule has 0 fully saturated rings. The Hall–Kier alpha value is -3.54. The van der Waals surface area contributed by atoms with Crippen LogP contribution in [-0.4, -0.2) is 19.2 Å². The van der Waals surface area contributed by atoms with Crippen molar-refractivity contribution >= 4 is 29.1 Å². The average Bonchev–Trinajstić information content (AvgIpc) is 2.71. The van der Waals surface area contributed by atoms with Crippen LogP contribution in [0.3, 0.4) is 0 Å². The lowest BCUT2D eigenvalue weighted by molar-refractivity contribution is 0.394. The van der Waals surface area contributed by atoms with E-state index in [0.717, 1.165) is 11.3 Å². The summed E-state index contributed by atoms with van der Waals surface area (Å²) in [5, 5.41) is 3.18. The Morgan fingerprint density at radius 3 is 2.36 bits per heavy atom. The molecule has 2 aromatic carbocycles. The van der Waals surface area contributed by atoms with E-state index in [0.29, 0.717) is 34.1 Å². The summed E-state index contributed by atoms with van der Waals surface area (Å²) >= 11 is 0. The van der Waals surface area contributed by atoms with E-state index in [-0.39, 0.29) is 0 Å². The molecule has 144 valence electrons. The number of aryl methyl sites for hydroxylation is 1. The van der Waals surface area contributed by atoms with Gasteiger partial charge in [-0.3, -0.25) is 0 Å². The molecule has 0 unspecified atom stereocenters. The number of para-hydroxylation sites is 1. The van der Waals surface area contributed by atoms with Crippen molar-refractivity contribution in [2.45, 2.75) is 6.92 Å². The van der Waals surface area contributed by atoms with Gasteiger partial charge in [0, 0.05) is 17.8 Å². The molecule has 3 rings (SSSR count). The quantitative estimate of drug-likeness (QED) is 0.576. The SMILES string of the molecule is COc1cc(/C=C(\F)c2ccc(Nc3c(C)cccc3N)nc2)cc(OC)c1. The maximum absolute atomic E-state index is 14.7. The van der Waals surface area contributed by atoms with E-state index >= 15 is 0 Å². The maximum Gasteiger partial charge on any atom is 0.132 e. The van der Waals surface area contributed by atoms with E-state index in [1.54, 1.807) is 44.6 Å². The second kappa shape index (κ2) is 8.43. The number of pyridine rings is 1. The number of hydrogen-bond acceptors (Lipinski definition) is 5. The van der Waals surface area contributed by atoms with Crippen molar-refractivity contribution < 1.29 is 13.9 Å². The van der Waals surface area contributed by atoms with Crippen LogP contribution in [0.1, 0.15) is 16.7 Å². The van der Waals surface area contributed by atoms with Gasteiger partial charge in [-0.15, -0.1) is 0 Å². The van der Waals surface area contributed by atoms with Gasteiger partial charge < -0.3 is 20.5 Å². The number of nitrogens with two attached hydrogens (primary N) is 1. The molecule has 0 saturated carbocycles. The molecule has 0 radical (unpaired) electrons. The van der Waals surface area contributed by atoms with E-state index in [4.69, 9.17) is 15.2 Å². The van der Waals surface area contributed by atoms with Crippen molar-refractivity contribution in [3.63, 3.8) is 0 Å². The second-order valence-corrected chi connectivity index (χ2v) is 6.23. The number of halogens is 1. The zero-order chi connectivity index (χ0) is 20.1. The number of benzene rings is 2. The van der Waals surface area contributed by atoms with Crippen LogP contribution in [0.25, 0.3) is 11.9 Å². The van der Waals surface area contributed by atoms with E-state index in [9.17, 15) is 4.39 Å². The largest absolute Gasteiger partial charge is 0.497 e. The van der Waals surface area contributed by atoms with Gasteiger partial charge >= 0.3 is 0 Å². The van der Waals surface area contributed by atoms with E-state index in [1.807, 2.05) is 25.1 Å². The average molecular weight is 379 g/mol. The molecule has 0 bridgehead atoms. The molecule has 5 nitrogen and oxygen atoms in total. The zero-order valence-electron chi connectivity index (χ0n) is 16.0. The van der Waals surface area contributed by atoms with Crippen LogP contribution in [0.15, 0.2) is 54.7 Å². The van der Waals surface area contributed by atoms with Crippen molar-refractivity contribution in [2.75, 3.05) is 25.3 Å². The number of aromatic nitrogens is 1. The number of rotatable bonds is 6. The normalized spacial score (nSPS) is 11.2. The molecular weight excluding hydrogens is 357 g/mol. The highest BCUT2D eigenvalue weighted by atomic mass is 19.1. The van der Waals surface area contributed by atoms with E-state index < -0.39 is 5.83 Å². The van der Waals surface area contributed by atoms with Crippen LogP contribution in [-0.2, 0) is 0 Å². The molecule has 3 aromatic rings. The lowest BCUT2D eigenvalue weighted by atomic mass is 10.1. The summed E-state index contributed by atoms with van der Waals surface area (Å²) in [5.41, 5.74) is 9.42. The highest BCUT2D eigenvalue weighted by Gasteiger charge is 2.07. The van der Waals surface area contributed by atoms with Crippen molar-refractivity contribution in [1.29, 1.82) is 0 Å². The monoisotopic (exact) mass is 379 g/mol. The van der Waals surface area contributed by atoms with E-state index in [2.05, 4.69) is 10.3 Å². The number of nitrogens with zero attached hydrogens (tertiary/aromatic N) is 1. The van der Waals surface area contributed by atoms with Crippen molar-refractivity contribution in [3.8, 4) is 11.5 Å². The summed E-state index contributed by atoms with van der Waals surface area (Å²) in [4.78, 5) is 4.29. The molecule has 0 atom stereocenters. The van der Waals surface area contributed by atoms with Crippen LogP contribution in [0.5, 0.6) is 11.5 Å². The van der Waals surface area contributed by atoms with Gasteiger partial charge in [0.2, 0.25) is 0 Å². The summed E-state index contributed by atoms with van der Waals surface area (Å²) in [5.74, 6) is 1.35. The lowest BCUT2D eigenvalue weighted by Gasteiger charge is -2.11. The second-order valence-electron chi connectivity index (χ2n) is 6.23. The zero-order valence-corrected chi connectivity index (χ0v) is 16.0. The Balaban J connectivity index is 1.82. The standard InChI is InChI=1S/C22H22FN3O2/c1-14-5-4-6-20(24)22(14)26-21-8-7-16(13-25-21)19(23)11-15-9-17(27-2)12-18(10-15)28-3/h4-13H,24H2,1-3H3,(H,25,26)/b19-11-. The highest BCUT2D eigenvalue weighted by Crippen LogP contribution is 2.28. The topological polar surface area (TPSA) is 69.4 Å². The fraction of sp³-hybridized carbons (Fsp3) is 0.136. The molecule has 0 aliphatic rings. The number of ether oxygens (including phenoxy) is 2. The Morgan fingerprint density at radius 1 is 1.07 bits per heavy atom. The van der Waals surface area contributed by atoms with Crippen LogP contribution in [0.4, 0.5) is 21.6 Å². The summed E-state index contributed by atoms with van der Waals surface area (Å²) in [6, 6.07) is 14.2. The van der Waals surface area contributed by atoms with Crippen LogP contribution in [0.2, 0.25) is 0 Å². The smallest absolute Gasteiger partial charge is 0.132 e. The van der Waals surface area contributed by atoms with Crippen LogP contribution >= 0.6 is 0 Å². The maximum atomic E-state index is 14.7. The van der Waals surface area contributed by atoms with Gasteiger partial charge in [0.15, 0.2) is 0 Å². The van der Waals surface area contributed by atoms with Gasteiger partial charge in [0.05, 0.1) is 25.6 Å². The minimum Gasteiger partial charge on any atom is -0.497 e. The third-order valence-corrected chi connectivity index (χ3v) is 4.26. The number of nitrogens with one attached hydrogen (secondary N) is 1. The Labute approximate surface area is 163 Å². The highest BCUT2D eigenvalue weighted by molar-refractivity contribution is 5.78. The summed E-state index contributed by atoms with van der Waals surface area (Å²) in [7, 11) is 3.10. The van der Waals surface area contributed by atoms with E-state index in [1.165, 1.54) is 12.3 Å². The van der Waals surface area contributed by atoms with Crippen LogP contribution < -0.4 is 20.5 Å². The van der Waals surface area contributed by atoms with Crippen LogP contribution in [0, 0.1) is 6.92 Å². The molecule has 1 heterocycles. The molecule has 6 heteroatoms. The Bertz CT molecular complexity index is 959. The first-order valence-electron chi connectivity index (χ1n) is 8.69. The van der Waals surface area contributed by atoms with Crippen molar-refractivity contribution in [2.24, 2.45) is 0 Å². The van der Waals surface area contributed by atoms with Gasteiger partial charge in [-0.25, -0.2) is 9.37 Å². The Kier molecular flexibility index (Phi) is 5.79. The number of hydrogen-bond donors (Lipinski definition) is 2. The van der Waals surface area contributed by atoms with Crippen molar-refractivity contribution in [3.05, 3.63) is 71.4 Å². The summed E-state index contributed by atoms with van der Waals surface area (Å²) in [6.45, 7) is 1.96. The minimum absolute atomic E-state index is 0.366. The lowest BCUT2D eigenvalue weighted by Crippen LogP contribution is -2.00. The molecule has 0 aliphatic heterocycles.